The van der Waals surface area contributed by atoms with Gasteiger partial charge in [0.1, 0.15) is 5.82 Å². The van der Waals surface area contributed by atoms with E-state index in [0.29, 0.717) is 11.1 Å². The van der Waals surface area contributed by atoms with Gasteiger partial charge in [-0.1, -0.05) is 18.2 Å². The highest BCUT2D eigenvalue weighted by molar-refractivity contribution is 5.97. The van der Waals surface area contributed by atoms with Gasteiger partial charge in [0.25, 0.3) is 0 Å². The Hall–Kier alpha value is -1.68. The third-order valence-electron chi connectivity index (χ3n) is 3.41. The van der Waals surface area contributed by atoms with Gasteiger partial charge in [-0.3, -0.25) is 4.79 Å². The normalized spacial score (nSPS) is 17.6. The van der Waals surface area contributed by atoms with Gasteiger partial charge in [0, 0.05) is 37.3 Å². The molecule has 0 aliphatic carbocycles. The lowest BCUT2D eigenvalue weighted by atomic mass is 10.1. The summed E-state index contributed by atoms with van der Waals surface area (Å²) in [5.41, 5.74) is 1.04. The average molecular weight is 262 g/mol. The fourth-order valence-corrected chi connectivity index (χ4v) is 2.15. The molecule has 0 atom stereocenters. The molecule has 1 aliphatic heterocycles. The number of amides is 1. The molecule has 2 rings (SSSR count). The van der Waals surface area contributed by atoms with Crippen LogP contribution < -0.4 is 0 Å². The second-order valence-electron chi connectivity index (χ2n) is 4.94. The standard InChI is InChI=1S/C15H19FN2O/c1-12(11-13-5-3-4-6-14(13)16)15(19)18-9-7-17(2)8-10-18/h3-6,11H,7-10H2,1-2H3/b12-11+. The van der Waals surface area contributed by atoms with Crippen LogP contribution in [0.15, 0.2) is 29.8 Å². The van der Waals surface area contributed by atoms with Crippen LogP contribution in [0.5, 0.6) is 0 Å². The third kappa shape index (κ3) is 3.41. The van der Waals surface area contributed by atoms with Crippen molar-refractivity contribution in [3.8, 4) is 0 Å². The Labute approximate surface area is 113 Å². The Balaban J connectivity index is 2.09. The van der Waals surface area contributed by atoms with Crippen molar-refractivity contribution in [3.05, 3.63) is 41.2 Å². The minimum atomic E-state index is -0.298. The Morgan fingerprint density at radius 1 is 1.21 bits per heavy atom. The van der Waals surface area contributed by atoms with E-state index in [1.807, 2.05) is 11.9 Å². The summed E-state index contributed by atoms with van der Waals surface area (Å²) in [6.45, 7) is 4.99. The predicted molar refractivity (Wildman–Crippen MR) is 74.1 cm³/mol. The van der Waals surface area contributed by atoms with Crippen LogP contribution in [0.1, 0.15) is 12.5 Å². The fraction of sp³-hybridized carbons (Fsp3) is 0.400. The number of likely N-dealkylation sites (N-methyl/N-ethyl adjacent to an activating group) is 1. The molecule has 0 unspecified atom stereocenters. The zero-order valence-electron chi connectivity index (χ0n) is 11.4. The molecular formula is C15H19FN2O. The second-order valence-corrected chi connectivity index (χ2v) is 4.94. The van der Waals surface area contributed by atoms with Crippen molar-refractivity contribution >= 4 is 12.0 Å². The molecule has 0 saturated carbocycles. The molecule has 1 heterocycles. The second kappa shape index (κ2) is 5.97. The van der Waals surface area contributed by atoms with Crippen LogP contribution in [0.3, 0.4) is 0 Å². The summed E-state index contributed by atoms with van der Waals surface area (Å²) in [4.78, 5) is 16.3. The van der Waals surface area contributed by atoms with Crippen molar-refractivity contribution in [2.75, 3.05) is 33.2 Å². The number of nitrogens with zero attached hydrogens (tertiary/aromatic N) is 2. The van der Waals surface area contributed by atoms with Gasteiger partial charge in [-0.05, 0) is 26.1 Å². The Morgan fingerprint density at radius 2 is 1.84 bits per heavy atom. The monoisotopic (exact) mass is 262 g/mol. The minimum absolute atomic E-state index is 0.00338. The van der Waals surface area contributed by atoms with Gasteiger partial charge in [-0.2, -0.15) is 0 Å². The lowest BCUT2D eigenvalue weighted by molar-refractivity contribution is -0.128. The van der Waals surface area contributed by atoms with E-state index >= 15 is 0 Å². The van der Waals surface area contributed by atoms with Crippen LogP contribution in [-0.2, 0) is 4.79 Å². The highest BCUT2D eigenvalue weighted by Gasteiger charge is 2.20. The first-order valence-corrected chi connectivity index (χ1v) is 6.48. The lowest BCUT2D eigenvalue weighted by Crippen LogP contribution is -2.47. The van der Waals surface area contributed by atoms with Crippen LogP contribution in [0.25, 0.3) is 6.08 Å². The topological polar surface area (TPSA) is 23.6 Å². The molecular weight excluding hydrogens is 243 g/mol. The molecule has 0 bridgehead atoms. The molecule has 0 radical (unpaired) electrons. The van der Waals surface area contributed by atoms with Crippen LogP contribution >= 0.6 is 0 Å². The van der Waals surface area contributed by atoms with E-state index in [4.69, 9.17) is 0 Å². The van der Waals surface area contributed by atoms with E-state index in [2.05, 4.69) is 4.90 Å². The molecule has 0 spiro atoms. The van der Waals surface area contributed by atoms with Crippen LogP contribution in [-0.4, -0.2) is 48.9 Å². The largest absolute Gasteiger partial charge is 0.336 e. The van der Waals surface area contributed by atoms with E-state index in [0.717, 1.165) is 26.2 Å². The van der Waals surface area contributed by atoms with Gasteiger partial charge in [0.2, 0.25) is 5.91 Å². The van der Waals surface area contributed by atoms with E-state index in [9.17, 15) is 9.18 Å². The first-order valence-electron chi connectivity index (χ1n) is 6.48. The van der Waals surface area contributed by atoms with Crippen molar-refractivity contribution in [2.24, 2.45) is 0 Å². The zero-order valence-corrected chi connectivity index (χ0v) is 11.4. The Bertz CT molecular complexity index is 491. The van der Waals surface area contributed by atoms with E-state index in [-0.39, 0.29) is 11.7 Å². The number of hydrogen-bond donors (Lipinski definition) is 0. The number of halogens is 1. The quantitative estimate of drug-likeness (QED) is 0.761. The summed E-state index contributed by atoms with van der Waals surface area (Å²) in [6.07, 6.45) is 1.62. The molecule has 102 valence electrons. The van der Waals surface area contributed by atoms with Crippen LogP contribution in [0.4, 0.5) is 4.39 Å². The molecule has 1 amide bonds. The first-order chi connectivity index (χ1) is 9.08. The predicted octanol–water partition coefficient (Wildman–Crippen LogP) is 2.00. The maximum absolute atomic E-state index is 13.5. The van der Waals surface area contributed by atoms with Crippen molar-refractivity contribution in [3.63, 3.8) is 0 Å². The highest BCUT2D eigenvalue weighted by atomic mass is 19.1. The summed E-state index contributed by atoms with van der Waals surface area (Å²) in [5, 5.41) is 0. The number of carbonyl (C=O) groups is 1. The minimum Gasteiger partial charge on any atom is -0.336 e. The third-order valence-corrected chi connectivity index (χ3v) is 3.41. The van der Waals surface area contributed by atoms with Crippen LogP contribution in [0.2, 0.25) is 0 Å². The molecule has 0 N–H and O–H groups in total. The fourth-order valence-electron chi connectivity index (χ4n) is 2.15. The van der Waals surface area contributed by atoms with Gasteiger partial charge in [0.05, 0.1) is 0 Å². The van der Waals surface area contributed by atoms with Gasteiger partial charge in [0.15, 0.2) is 0 Å². The molecule has 1 saturated heterocycles. The smallest absolute Gasteiger partial charge is 0.249 e. The molecule has 1 fully saturated rings. The number of carbonyl (C=O) groups excluding carboxylic acids is 1. The number of rotatable bonds is 2. The number of hydrogen-bond acceptors (Lipinski definition) is 2. The van der Waals surface area contributed by atoms with Gasteiger partial charge in [-0.15, -0.1) is 0 Å². The molecule has 1 aromatic rings. The van der Waals surface area contributed by atoms with Crippen molar-refractivity contribution < 1.29 is 9.18 Å². The summed E-state index contributed by atoms with van der Waals surface area (Å²) >= 11 is 0. The van der Waals surface area contributed by atoms with Gasteiger partial charge >= 0.3 is 0 Å². The van der Waals surface area contributed by atoms with Crippen LogP contribution in [0, 0.1) is 5.82 Å². The van der Waals surface area contributed by atoms with E-state index in [1.165, 1.54) is 6.07 Å². The zero-order chi connectivity index (χ0) is 13.8. The summed E-state index contributed by atoms with van der Waals surface area (Å²) in [6, 6.07) is 6.49. The molecule has 1 aliphatic rings. The summed E-state index contributed by atoms with van der Waals surface area (Å²) in [5.74, 6) is -0.301. The van der Waals surface area contributed by atoms with Crippen molar-refractivity contribution in [2.45, 2.75) is 6.92 Å². The number of piperazine rings is 1. The summed E-state index contributed by atoms with van der Waals surface area (Å²) < 4.78 is 13.5. The van der Waals surface area contributed by atoms with Gasteiger partial charge in [-0.25, -0.2) is 4.39 Å². The molecule has 1 aromatic carbocycles. The average Bonchev–Trinajstić information content (AvgIpc) is 2.41. The van der Waals surface area contributed by atoms with E-state index < -0.39 is 0 Å². The molecule has 3 nitrogen and oxygen atoms in total. The SMILES string of the molecule is C/C(=C\c1ccccc1F)C(=O)N1CCN(C)CC1. The summed E-state index contributed by atoms with van der Waals surface area (Å²) in [7, 11) is 2.05. The van der Waals surface area contributed by atoms with Crippen molar-refractivity contribution in [1.82, 2.24) is 9.80 Å². The molecule has 0 aromatic heterocycles. The Kier molecular flexibility index (Phi) is 4.32. The highest BCUT2D eigenvalue weighted by Crippen LogP contribution is 2.13. The van der Waals surface area contributed by atoms with Crippen molar-refractivity contribution in [1.29, 1.82) is 0 Å². The maximum atomic E-state index is 13.5. The number of benzene rings is 1. The Morgan fingerprint density at radius 3 is 2.47 bits per heavy atom. The van der Waals surface area contributed by atoms with E-state index in [1.54, 1.807) is 31.2 Å². The maximum Gasteiger partial charge on any atom is 0.249 e. The lowest BCUT2D eigenvalue weighted by Gasteiger charge is -2.32. The van der Waals surface area contributed by atoms with Gasteiger partial charge < -0.3 is 9.80 Å². The first kappa shape index (κ1) is 13.7. The molecule has 19 heavy (non-hydrogen) atoms. The molecule has 4 heteroatoms.